The molecule has 118 valence electrons. The van der Waals surface area contributed by atoms with E-state index in [2.05, 4.69) is 10.6 Å². The molecule has 21 heavy (non-hydrogen) atoms. The zero-order valence-electron chi connectivity index (χ0n) is 12.4. The van der Waals surface area contributed by atoms with Crippen LogP contribution in [0.3, 0.4) is 0 Å². The molecule has 0 heterocycles. The molecular weight excluding hydrogens is 318 g/mol. The van der Waals surface area contributed by atoms with Gasteiger partial charge in [0, 0.05) is 12.6 Å². The minimum atomic E-state index is -0.551. The number of nitrogens with one attached hydrogen (secondary N) is 2. The summed E-state index contributed by atoms with van der Waals surface area (Å²) in [6.07, 6.45) is -0.507. The number of benzene rings is 1. The van der Waals surface area contributed by atoms with Gasteiger partial charge < -0.3 is 15.4 Å². The molecule has 0 saturated carbocycles. The lowest BCUT2D eigenvalue weighted by atomic mass is 10.2. The van der Waals surface area contributed by atoms with Crippen LogP contribution in [-0.2, 0) is 4.74 Å². The molecule has 4 nitrogen and oxygen atoms in total. The van der Waals surface area contributed by atoms with Crippen molar-refractivity contribution in [2.24, 2.45) is 0 Å². The first-order valence-electron chi connectivity index (χ1n) is 6.46. The summed E-state index contributed by atoms with van der Waals surface area (Å²) < 4.78 is 18.2. The number of anilines is 1. The van der Waals surface area contributed by atoms with E-state index in [-0.39, 0.29) is 16.1 Å². The molecule has 1 aromatic carbocycles. The van der Waals surface area contributed by atoms with Gasteiger partial charge in [0.15, 0.2) is 0 Å². The maximum absolute atomic E-state index is 13.1. The molecule has 7 heteroatoms. The Labute approximate surface area is 133 Å². The number of carbonyl (C=O) groups excluding carboxylic acids is 1. The molecule has 0 aliphatic heterocycles. The van der Waals surface area contributed by atoms with Crippen LogP contribution in [0.1, 0.15) is 27.7 Å². The number of amides is 1. The summed E-state index contributed by atoms with van der Waals surface area (Å²) in [5.41, 5.74) is -0.122. The van der Waals surface area contributed by atoms with E-state index >= 15 is 0 Å². The molecule has 0 fully saturated rings. The third-order valence-electron chi connectivity index (χ3n) is 2.35. The molecule has 1 rings (SSSR count). The molecule has 1 amide bonds. The highest BCUT2D eigenvalue weighted by atomic mass is 35.5. The van der Waals surface area contributed by atoms with Crippen molar-refractivity contribution in [3.63, 3.8) is 0 Å². The van der Waals surface area contributed by atoms with E-state index < -0.39 is 17.5 Å². The maximum Gasteiger partial charge on any atom is 0.407 e. The van der Waals surface area contributed by atoms with Gasteiger partial charge in [-0.1, -0.05) is 23.2 Å². The Morgan fingerprint density at radius 2 is 1.86 bits per heavy atom. The van der Waals surface area contributed by atoms with Gasteiger partial charge in [0.1, 0.15) is 11.4 Å². The van der Waals surface area contributed by atoms with Crippen molar-refractivity contribution < 1.29 is 13.9 Å². The third-order valence-corrected chi connectivity index (χ3v) is 2.95. The molecule has 0 bridgehead atoms. The molecule has 0 aliphatic carbocycles. The van der Waals surface area contributed by atoms with Gasteiger partial charge in [-0.3, -0.25) is 0 Å². The van der Waals surface area contributed by atoms with Crippen LogP contribution in [-0.4, -0.2) is 24.3 Å². The standard InChI is InChI=1S/C14H19Cl2FN2O2/c1-8(7-18-13(20)21-14(2,3)4)19-12-10(15)5-9(17)6-11(12)16/h5-6,8,19H,7H2,1-4H3,(H,18,20). The Bertz CT molecular complexity index is 495. The number of alkyl carbamates (subject to hydrolysis) is 1. The summed E-state index contributed by atoms with van der Waals surface area (Å²) >= 11 is 11.9. The zero-order valence-corrected chi connectivity index (χ0v) is 13.9. The second-order valence-corrected chi connectivity index (χ2v) is 6.49. The summed E-state index contributed by atoms with van der Waals surface area (Å²) in [5.74, 6) is -0.505. The molecule has 1 unspecified atom stereocenters. The number of hydrogen-bond acceptors (Lipinski definition) is 3. The summed E-state index contributed by atoms with van der Waals surface area (Å²) in [4.78, 5) is 11.5. The predicted molar refractivity (Wildman–Crippen MR) is 83.7 cm³/mol. The highest BCUT2D eigenvalue weighted by Crippen LogP contribution is 2.31. The molecule has 0 radical (unpaired) electrons. The van der Waals surface area contributed by atoms with Crippen molar-refractivity contribution in [2.75, 3.05) is 11.9 Å². The van der Waals surface area contributed by atoms with Crippen LogP contribution in [0.4, 0.5) is 14.9 Å². The highest BCUT2D eigenvalue weighted by molar-refractivity contribution is 6.39. The predicted octanol–water partition coefficient (Wildman–Crippen LogP) is 4.46. The summed E-state index contributed by atoms with van der Waals surface area (Å²) in [5, 5.41) is 6.02. The molecule has 2 N–H and O–H groups in total. The van der Waals surface area contributed by atoms with E-state index in [1.165, 1.54) is 12.1 Å². The van der Waals surface area contributed by atoms with Crippen LogP contribution in [0.25, 0.3) is 0 Å². The van der Waals surface area contributed by atoms with Crippen LogP contribution < -0.4 is 10.6 Å². The normalized spacial score (nSPS) is 12.7. The van der Waals surface area contributed by atoms with Gasteiger partial charge in [-0.15, -0.1) is 0 Å². The fourth-order valence-electron chi connectivity index (χ4n) is 1.53. The third kappa shape index (κ3) is 6.40. The Morgan fingerprint density at radius 1 is 1.33 bits per heavy atom. The van der Waals surface area contributed by atoms with Gasteiger partial charge >= 0.3 is 6.09 Å². The number of carbonyl (C=O) groups is 1. The van der Waals surface area contributed by atoms with Crippen molar-refractivity contribution in [3.05, 3.63) is 28.0 Å². The number of halogens is 3. The van der Waals surface area contributed by atoms with Crippen LogP contribution >= 0.6 is 23.2 Å². The largest absolute Gasteiger partial charge is 0.444 e. The van der Waals surface area contributed by atoms with E-state index in [0.717, 1.165) is 0 Å². The summed E-state index contributed by atoms with van der Waals surface area (Å²) in [7, 11) is 0. The zero-order chi connectivity index (χ0) is 16.2. The minimum Gasteiger partial charge on any atom is -0.444 e. The number of hydrogen-bond donors (Lipinski definition) is 2. The SMILES string of the molecule is CC(CNC(=O)OC(C)(C)C)Nc1c(Cl)cc(F)cc1Cl. The van der Waals surface area contributed by atoms with Crippen molar-refractivity contribution in [2.45, 2.75) is 39.3 Å². The van der Waals surface area contributed by atoms with Gasteiger partial charge in [0.05, 0.1) is 15.7 Å². The van der Waals surface area contributed by atoms with Gasteiger partial charge in [-0.05, 0) is 39.8 Å². The van der Waals surface area contributed by atoms with E-state index in [0.29, 0.717) is 12.2 Å². The lowest BCUT2D eigenvalue weighted by Crippen LogP contribution is -2.38. The van der Waals surface area contributed by atoms with Crippen LogP contribution in [0.5, 0.6) is 0 Å². The van der Waals surface area contributed by atoms with E-state index in [1.54, 1.807) is 20.8 Å². The fourth-order valence-corrected chi connectivity index (χ4v) is 2.10. The second-order valence-electron chi connectivity index (χ2n) is 5.67. The summed E-state index contributed by atoms with van der Waals surface area (Å²) in [6, 6.07) is 2.17. The van der Waals surface area contributed by atoms with Crippen molar-refractivity contribution in [1.82, 2.24) is 5.32 Å². The van der Waals surface area contributed by atoms with Gasteiger partial charge in [0.2, 0.25) is 0 Å². The quantitative estimate of drug-likeness (QED) is 0.853. The minimum absolute atomic E-state index is 0.169. The smallest absolute Gasteiger partial charge is 0.407 e. The second kappa shape index (κ2) is 7.18. The van der Waals surface area contributed by atoms with Crippen LogP contribution in [0, 0.1) is 5.82 Å². The van der Waals surface area contributed by atoms with E-state index in [9.17, 15) is 9.18 Å². The molecule has 0 aliphatic rings. The molecule has 0 aromatic heterocycles. The Morgan fingerprint density at radius 3 is 2.33 bits per heavy atom. The van der Waals surface area contributed by atoms with Crippen molar-refractivity contribution in [3.8, 4) is 0 Å². The first-order valence-corrected chi connectivity index (χ1v) is 7.22. The number of rotatable bonds is 4. The van der Waals surface area contributed by atoms with Crippen molar-refractivity contribution in [1.29, 1.82) is 0 Å². The van der Waals surface area contributed by atoms with Gasteiger partial charge in [0.25, 0.3) is 0 Å². The van der Waals surface area contributed by atoms with E-state index in [1.807, 2.05) is 6.92 Å². The Kier molecular flexibility index (Phi) is 6.10. The number of ether oxygens (including phenoxy) is 1. The first kappa shape index (κ1) is 17.9. The summed E-state index contributed by atoms with van der Waals surface area (Å²) in [6.45, 7) is 7.48. The molecule has 1 atom stereocenters. The topological polar surface area (TPSA) is 50.4 Å². The molecular formula is C14H19Cl2FN2O2. The average molecular weight is 337 g/mol. The average Bonchev–Trinajstić information content (AvgIpc) is 2.29. The fraction of sp³-hybridized carbons (Fsp3) is 0.500. The van der Waals surface area contributed by atoms with Crippen molar-refractivity contribution >= 4 is 35.0 Å². The maximum atomic E-state index is 13.1. The molecule has 0 saturated heterocycles. The lowest BCUT2D eigenvalue weighted by molar-refractivity contribution is 0.0526. The van der Waals surface area contributed by atoms with Crippen LogP contribution in [0.15, 0.2) is 12.1 Å². The lowest BCUT2D eigenvalue weighted by Gasteiger charge is -2.22. The monoisotopic (exact) mass is 336 g/mol. The molecule has 1 aromatic rings. The Hall–Kier alpha value is -1.20. The van der Waals surface area contributed by atoms with Gasteiger partial charge in [-0.2, -0.15) is 0 Å². The van der Waals surface area contributed by atoms with Crippen LogP contribution in [0.2, 0.25) is 10.0 Å². The Balaban J connectivity index is 2.55. The van der Waals surface area contributed by atoms with Gasteiger partial charge in [-0.25, -0.2) is 9.18 Å². The molecule has 0 spiro atoms. The highest BCUT2D eigenvalue weighted by Gasteiger charge is 2.17. The first-order chi connectivity index (χ1) is 9.58. The van der Waals surface area contributed by atoms with E-state index in [4.69, 9.17) is 27.9 Å².